The van der Waals surface area contributed by atoms with Crippen LogP contribution >= 0.6 is 18.1 Å². The van der Waals surface area contributed by atoms with E-state index in [0.29, 0.717) is 13.9 Å². The summed E-state index contributed by atoms with van der Waals surface area (Å²) >= 11 is 0. The lowest BCUT2D eigenvalue weighted by Crippen LogP contribution is -2.40. The molecular formula is C23H35N2O4PS. The summed E-state index contributed by atoms with van der Waals surface area (Å²) in [6.07, 6.45) is 9.65. The molecule has 1 aliphatic carbocycles. The Morgan fingerprint density at radius 2 is 2.03 bits per heavy atom. The third kappa shape index (κ3) is 5.32. The lowest BCUT2D eigenvalue weighted by molar-refractivity contribution is 0.0482. The van der Waals surface area contributed by atoms with Gasteiger partial charge in [-0.2, -0.15) is 0 Å². The Kier molecular flexibility index (Phi) is 6.15. The van der Waals surface area contributed by atoms with Gasteiger partial charge < -0.3 is 14.4 Å². The Balaban J connectivity index is 1.00. The number of carbonyl (C=O) groups excluding carboxylic acids is 1. The zero-order valence-electron chi connectivity index (χ0n) is 18.7. The number of amides is 1. The predicted octanol–water partition coefficient (Wildman–Crippen LogP) is 5.41. The normalized spacial score (nSPS) is 30.3. The van der Waals surface area contributed by atoms with Crippen molar-refractivity contribution in [2.24, 2.45) is 5.92 Å². The Morgan fingerprint density at radius 1 is 1.26 bits per heavy atom. The summed E-state index contributed by atoms with van der Waals surface area (Å²) in [6, 6.07) is 6.60. The van der Waals surface area contributed by atoms with Gasteiger partial charge in [-0.15, -0.1) is 0 Å². The Bertz CT molecular complexity index is 822. The van der Waals surface area contributed by atoms with E-state index in [2.05, 4.69) is 28.8 Å². The number of benzene rings is 1. The molecule has 31 heavy (non-hydrogen) atoms. The third-order valence-electron chi connectivity index (χ3n) is 7.16. The standard InChI is InChI=1S/C23H35N2O4PS/c1-23(10-11-23)28-22(26)24-12-7-18(8-13-24)4-3-15-27-21-6-5-20-17-25(31(2)29-30-31)14-9-19(20)16-21/h5-6,16,18,30H,3-4,7-15,17H2,1-2H3. The van der Waals surface area contributed by atoms with Gasteiger partial charge >= 0.3 is 6.09 Å². The van der Waals surface area contributed by atoms with Crippen LogP contribution in [0.25, 0.3) is 0 Å². The van der Waals surface area contributed by atoms with Gasteiger partial charge in [0.05, 0.1) is 6.61 Å². The van der Waals surface area contributed by atoms with E-state index in [9.17, 15) is 4.79 Å². The summed E-state index contributed by atoms with van der Waals surface area (Å²) in [5, 5.41) is 0. The van der Waals surface area contributed by atoms with E-state index in [-0.39, 0.29) is 11.7 Å². The minimum absolute atomic E-state index is 0.113. The highest BCUT2D eigenvalue weighted by Gasteiger charge is 2.43. The minimum atomic E-state index is -0.870. The first kappa shape index (κ1) is 21.8. The molecule has 3 fully saturated rings. The van der Waals surface area contributed by atoms with Gasteiger partial charge in [0, 0.05) is 32.4 Å². The van der Waals surface area contributed by atoms with Crippen molar-refractivity contribution in [1.29, 1.82) is 0 Å². The molecule has 0 N–H and O–H groups in total. The van der Waals surface area contributed by atoms with Crippen LogP contribution in [0.1, 0.15) is 56.6 Å². The van der Waals surface area contributed by atoms with Gasteiger partial charge in [0.2, 0.25) is 0 Å². The van der Waals surface area contributed by atoms with Gasteiger partial charge in [0.25, 0.3) is 0 Å². The molecule has 2 unspecified atom stereocenters. The smallest absolute Gasteiger partial charge is 0.410 e. The maximum Gasteiger partial charge on any atom is 0.410 e. The van der Waals surface area contributed by atoms with Crippen LogP contribution in [-0.4, -0.2) is 53.4 Å². The molecular weight excluding hydrogens is 431 g/mol. The zero-order chi connectivity index (χ0) is 21.5. The molecule has 172 valence electrons. The summed E-state index contributed by atoms with van der Waals surface area (Å²) in [7, 11) is -0.169. The Morgan fingerprint density at radius 3 is 2.74 bits per heavy atom. The molecule has 6 nitrogen and oxygen atoms in total. The number of rotatable bonds is 7. The molecule has 0 radical (unpaired) electrons. The van der Waals surface area contributed by atoms with Crippen LogP contribution in [0.5, 0.6) is 5.75 Å². The van der Waals surface area contributed by atoms with Crippen molar-refractivity contribution in [2.75, 3.05) is 32.5 Å². The van der Waals surface area contributed by atoms with Gasteiger partial charge in [0.1, 0.15) is 19.4 Å². The molecule has 0 spiro atoms. The molecule has 2 atom stereocenters. The molecule has 1 amide bonds. The van der Waals surface area contributed by atoms with E-state index in [1.165, 1.54) is 17.5 Å². The van der Waals surface area contributed by atoms with E-state index in [4.69, 9.17) is 13.4 Å². The van der Waals surface area contributed by atoms with Crippen molar-refractivity contribution in [3.8, 4) is 5.75 Å². The second-order valence-corrected chi connectivity index (χ2v) is 15.5. The van der Waals surface area contributed by atoms with E-state index in [0.717, 1.165) is 77.1 Å². The van der Waals surface area contributed by atoms with Crippen molar-refractivity contribution in [2.45, 2.75) is 64.0 Å². The average Bonchev–Trinajstić information content (AvgIpc) is 3.70. The number of nitrogens with zero attached hydrogens (tertiary/aromatic N) is 2. The lowest BCUT2D eigenvalue weighted by Gasteiger charge is -2.33. The Labute approximate surface area is 189 Å². The third-order valence-corrected chi connectivity index (χ3v) is 11.8. The highest BCUT2D eigenvalue weighted by atomic mass is 32.8. The molecule has 1 saturated carbocycles. The number of hydrogen-bond acceptors (Lipinski definition) is 5. The van der Waals surface area contributed by atoms with Crippen molar-refractivity contribution in [3.63, 3.8) is 0 Å². The van der Waals surface area contributed by atoms with Gasteiger partial charge in [-0.05, 0) is 91.2 Å². The fraction of sp³-hybridized carbons (Fsp3) is 0.696. The van der Waals surface area contributed by atoms with E-state index in [1.54, 1.807) is 0 Å². The van der Waals surface area contributed by atoms with Crippen molar-refractivity contribution >= 4 is 24.2 Å². The highest BCUT2D eigenvalue weighted by Crippen LogP contribution is 2.85. The first-order valence-electron chi connectivity index (χ1n) is 11.6. The van der Waals surface area contributed by atoms with Crippen molar-refractivity contribution < 1.29 is 18.2 Å². The topological polar surface area (TPSA) is 54.5 Å². The number of hydrogen-bond donors (Lipinski definition) is 0. The molecule has 1 aromatic rings. The number of piperidine rings is 1. The van der Waals surface area contributed by atoms with Crippen LogP contribution in [0.15, 0.2) is 18.2 Å². The molecule has 0 bridgehead atoms. The second-order valence-electron chi connectivity index (χ2n) is 9.75. The number of likely N-dealkylation sites (tertiary alicyclic amines) is 1. The van der Waals surface area contributed by atoms with Crippen molar-refractivity contribution in [1.82, 2.24) is 9.21 Å². The van der Waals surface area contributed by atoms with E-state index in [1.807, 2.05) is 11.8 Å². The monoisotopic (exact) mass is 466 g/mol. The van der Waals surface area contributed by atoms with Crippen LogP contribution in [0.2, 0.25) is 0 Å². The van der Waals surface area contributed by atoms with Gasteiger partial charge in [-0.3, -0.25) is 3.97 Å². The van der Waals surface area contributed by atoms with Crippen LogP contribution in [0.4, 0.5) is 4.79 Å². The second kappa shape index (κ2) is 8.74. The molecule has 4 aliphatic rings. The largest absolute Gasteiger partial charge is 0.494 e. The molecule has 0 aromatic heterocycles. The molecule has 2 saturated heterocycles. The highest BCUT2D eigenvalue weighted by molar-refractivity contribution is 8.78. The summed E-state index contributed by atoms with van der Waals surface area (Å²) in [4.78, 5) is 14.1. The lowest BCUT2D eigenvalue weighted by atomic mass is 9.92. The maximum absolute atomic E-state index is 12.2. The van der Waals surface area contributed by atoms with E-state index >= 15 is 0 Å². The summed E-state index contributed by atoms with van der Waals surface area (Å²) in [5.41, 5.74) is 2.68. The molecule has 3 aliphatic heterocycles. The van der Waals surface area contributed by atoms with Crippen LogP contribution in [-0.2, 0) is 21.7 Å². The fourth-order valence-corrected chi connectivity index (χ4v) is 7.98. The molecule has 1 aromatic carbocycles. The maximum atomic E-state index is 12.2. The summed E-state index contributed by atoms with van der Waals surface area (Å²) < 4.78 is 19.9. The van der Waals surface area contributed by atoms with Crippen LogP contribution in [0.3, 0.4) is 0 Å². The van der Waals surface area contributed by atoms with Gasteiger partial charge in [0.15, 0.2) is 0 Å². The fourth-order valence-electron chi connectivity index (χ4n) is 4.56. The minimum Gasteiger partial charge on any atom is -0.494 e. The Hall–Kier alpha value is -1.01. The molecule has 8 heteroatoms. The summed E-state index contributed by atoms with van der Waals surface area (Å²) in [6.45, 7) is 6.56. The SMILES string of the molecule is CC1(OC(=O)N2CCC(CCCOc3ccc4c(c3)CCN(S3(C)OP3)C4)CC2)CC1. The van der Waals surface area contributed by atoms with Crippen molar-refractivity contribution in [3.05, 3.63) is 29.3 Å². The number of carbonyl (C=O) groups is 1. The first-order chi connectivity index (χ1) is 14.9. The van der Waals surface area contributed by atoms with Gasteiger partial charge in [-0.25, -0.2) is 9.10 Å². The molecule has 5 rings (SSSR count). The first-order valence-corrected chi connectivity index (χ1v) is 15.2. The predicted molar refractivity (Wildman–Crippen MR) is 127 cm³/mol. The average molecular weight is 467 g/mol. The zero-order valence-corrected chi connectivity index (χ0v) is 20.5. The molecule has 3 heterocycles. The van der Waals surface area contributed by atoms with Crippen LogP contribution in [0, 0.1) is 5.92 Å². The number of ether oxygens (including phenoxy) is 2. The van der Waals surface area contributed by atoms with E-state index < -0.39 is 10.1 Å². The summed E-state index contributed by atoms with van der Waals surface area (Å²) in [5.74, 6) is 1.69. The van der Waals surface area contributed by atoms with Gasteiger partial charge in [-0.1, -0.05) is 6.07 Å². The quantitative estimate of drug-likeness (QED) is 0.306. The number of fused-ring (bicyclic) bond motifs is 1. The van der Waals surface area contributed by atoms with Crippen LogP contribution < -0.4 is 4.74 Å².